The van der Waals surface area contributed by atoms with Gasteiger partial charge in [-0.05, 0) is 18.7 Å². The fraction of sp³-hybridized carbons (Fsp3) is 0.250. The van der Waals surface area contributed by atoms with Gasteiger partial charge < -0.3 is 0 Å². The van der Waals surface area contributed by atoms with Crippen molar-refractivity contribution in [2.45, 2.75) is 19.3 Å². The van der Waals surface area contributed by atoms with Crippen LogP contribution in [0, 0.1) is 0 Å². The van der Waals surface area contributed by atoms with E-state index < -0.39 is 11.9 Å². The highest BCUT2D eigenvalue weighted by molar-refractivity contribution is 7.09. The number of alkyl halides is 3. The minimum absolute atomic E-state index is 0.365. The number of para-hydroxylation sites is 1. The third kappa shape index (κ3) is 3.68. The van der Waals surface area contributed by atoms with Gasteiger partial charge in [-0.3, -0.25) is 9.88 Å². The van der Waals surface area contributed by atoms with Crippen molar-refractivity contribution in [3.05, 3.63) is 58.2 Å². The lowest BCUT2D eigenvalue weighted by atomic mass is 10.1. The van der Waals surface area contributed by atoms with E-state index in [9.17, 15) is 13.2 Å². The molecule has 0 amide bonds. The van der Waals surface area contributed by atoms with E-state index in [4.69, 9.17) is 0 Å². The molecule has 3 nitrogen and oxygen atoms in total. The maximum atomic E-state index is 12.6. The van der Waals surface area contributed by atoms with Gasteiger partial charge in [0, 0.05) is 23.5 Å². The maximum Gasteiger partial charge on any atom is 0.434 e. The molecule has 120 valence electrons. The number of hydrogen-bond donors (Lipinski definition) is 0. The number of benzene rings is 1. The highest BCUT2D eigenvalue weighted by Crippen LogP contribution is 2.30. The molecule has 0 unspecified atom stereocenters. The van der Waals surface area contributed by atoms with Crippen LogP contribution in [-0.4, -0.2) is 21.9 Å². The number of halogens is 3. The SMILES string of the molecule is CN(Cc1nc(C(F)(F)F)cs1)Cc1cccc2cccnc12. The summed E-state index contributed by atoms with van der Waals surface area (Å²) in [6, 6.07) is 9.79. The Morgan fingerprint density at radius 2 is 1.91 bits per heavy atom. The van der Waals surface area contributed by atoms with E-state index in [0.29, 0.717) is 18.1 Å². The number of fused-ring (bicyclic) bond motifs is 1. The second-order valence-corrected chi connectivity index (χ2v) is 6.23. The average molecular weight is 337 g/mol. The van der Waals surface area contributed by atoms with Crippen LogP contribution in [0.2, 0.25) is 0 Å². The van der Waals surface area contributed by atoms with Crippen molar-refractivity contribution in [2.75, 3.05) is 7.05 Å². The molecule has 3 rings (SSSR count). The first-order valence-electron chi connectivity index (χ1n) is 6.96. The Bertz CT molecular complexity index is 808. The largest absolute Gasteiger partial charge is 0.434 e. The molecular formula is C16H14F3N3S. The molecule has 2 aromatic heterocycles. The van der Waals surface area contributed by atoms with Crippen molar-refractivity contribution < 1.29 is 13.2 Å². The molecule has 0 aliphatic heterocycles. The molecule has 0 radical (unpaired) electrons. The number of hydrogen-bond acceptors (Lipinski definition) is 4. The third-order valence-electron chi connectivity index (χ3n) is 3.40. The molecule has 0 bridgehead atoms. The monoisotopic (exact) mass is 337 g/mol. The van der Waals surface area contributed by atoms with Gasteiger partial charge in [-0.1, -0.05) is 24.3 Å². The quantitative estimate of drug-likeness (QED) is 0.709. The first-order valence-corrected chi connectivity index (χ1v) is 7.84. The van der Waals surface area contributed by atoms with Gasteiger partial charge in [0.1, 0.15) is 5.01 Å². The minimum atomic E-state index is -4.38. The fourth-order valence-electron chi connectivity index (χ4n) is 2.39. The second kappa shape index (κ2) is 6.25. The highest BCUT2D eigenvalue weighted by Gasteiger charge is 2.33. The fourth-order valence-corrected chi connectivity index (χ4v) is 3.27. The molecule has 0 saturated heterocycles. The molecule has 0 spiro atoms. The molecule has 2 heterocycles. The van der Waals surface area contributed by atoms with Crippen molar-refractivity contribution in [3.63, 3.8) is 0 Å². The van der Waals surface area contributed by atoms with E-state index in [-0.39, 0.29) is 0 Å². The zero-order valence-corrected chi connectivity index (χ0v) is 13.2. The summed E-state index contributed by atoms with van der Waals surface area (Å²) < 4.78 is 37.7. The van der Waals surface area contributed by atoms with Crippen molar-refractivity contribution in [1.29, 1.82) is 0 Å². The topological polar surface area (TPSA) is 29.0 Å². The highest BCUT2D eigenvalue weighted by atomic mass is 32.1. The summed E-state index contributed by atoms with van der Waals surface area (Å²) in [7, 11) is 1.86. The predicted octanol–water partition coefficient (Wildman–Crippen LogP) is 4.34. The summed E-state index contributed by atoms with van der Waals surface area (Å²) in [6.45, 7) is 0.958. The molecule has 1 aromatic carbocycles. The van der Waals surface area contributed by atoms with Crippen LogP contribution in [0.25, 0.3) is 10.9 Å². The van der Waals surface area contributed by atoms with E-state index in [1.54, 1.807) is 6.20 Å². The van der Waals surface area contributed by atoms with Crippen molar-refractivity contribution in [2.24, 2.45) is 0 Å². The first kappa shape index (κ1) is 15.9. The Hall–Kier alpha value is -1.99. The van der Waals surface area contributed by atoms with Crippen LogP contribution in [0.15, 0.2) is 41.9 Å². The molecular weight excluding hydrogens is 323 g/mol. The molecule has 0 aliphatic rings. The smallest absolute Gasteiger partial charge is 0.295 e. The Kier molecular flexibility index (Phi) is 4.32. The van der Waals surface area contributed by atoms with Gasteiger partial charge in [-0.25, -0.2) is 4.98 Å². The lowest BCUT2D eigenvalue weighted by Crippen LogP contribution is -2.17. The van der Waals surface area contributed by atoms with Gasteiger partial charge >= 0.3 is 6.18 Å². The van der Waals surface area contributed by atoms with Crippen LogP contribution in [0.4, 0.5) is 13.2 Å². The number of rotatable bonds is 4. The van der Waals surface area contributed by atoms with Crippen LogP contribution in [0.3, 0.4) is 0 Å². The van der Waals surface area contributed by atoms with Gasteiger partial charge in [-0.2, -0.15) is 13.2 Å². The molecule has 0 saturated carbocycles. The lowest BCUT2D eigenvalue weighted by Gasteiger charge is -2.16. The van der Waals surface area contributed by atoms with Gasteiger partial charge in [0.05, 0.1) is 12.1 Å². The molecule has 23 heavy (non-hydrogen) atoms. The van der Waals surface area contributed by atoms with Gasteiger partial charge in [0.15, 0.2) is 5.69 Å². The number of pyridine rings is 1. The summed E-state index contributed by atoms with van der Waals surface area (Å²) in [5, 5.41) is 2.56. The van der Waals surface area contributed by atoms with Crippen molar-refractivity contribution >= 4 is 22.2 Å². The van der Waals surface area contributed by atoms with Crippen molar-refractivity contribution in [1.82, 2.24) is 14.9 Å². The van der Waals surface area contributed by atoms with Crippen LogP contribution in [0.5, 0.6) is 0 Å². The molecule has 0 fully saturated rings. The summed E-state index contributed by atoms with van der Waals surface area (Å²) in [4.78, 5) is 9.98. The van der Waals surface area contributed by atoms with E-state index in [0.717, 1.165) is 33.2 Å². The standard InChI is InChI=1S/C16H14F3N3S/c1-22(9-14-21-13(10-23-14)16(17,18)19)8-12-5-2-4-11-6-3-7-20-15(11)12/h2-7,10H,8-9H2,1H3. The van der Waals surface area contributed by atoms with E-state index in [2.05, 4.69) is 9.97 Å². The second-order valence-electron chi connectivity index (χ2n) is 5.29. The third-order valence-corrected chi connectivity index (χ3v) is 4.24. The minimum Gasteiger partial charge on any atom is -0.295 e. The average Bonchev–Trinajstić information content (AvgIpc) is 2.96. The summed E-state index contributed by atoms with van der Waals surface area (Å²) in [6.07, 6.45) is -2.64. The Morgan fingerprint density at radius 1 is 1.13 bits per heavy atom. The van der Waals surface area contributed by atoms with Crippen LogP contribution >= 0.6 is 11.3 Å². The lowest BCUT2D eigenvalue weighted by molar-refractivity contribution is -0.140. The normalized spacial score (nSPS) is 12.2. The van der Waals surface area contributed by atoms with Crippen LogP contribution < -0.4 is 0 Å². The van der Waals surface area contributed by atoms with E-state index in [1.165, 1.54) is 0 Å². The van der Waals surface area contributed by atoms with Gasteiger partial charge in [0.25, 0.3) is 0 Å². The molecule has 0 aliphatic carbocycles. The predicted molar refractivity (Wildman–Crippen MR) is 84.0 cm³/mol. The zero-order chi connectivity index (χ0) is 16.4. The van der Waals surface area contributed by atoms with Gasteiger partial charge in [-0.15, -0.1) is 11.3 Å². The summed E-state index contributed by atoms with van der Waals surface area (Å²) >= 11 is 1.03. The van der Waals surface area contributed by atoms with Crippen LogP contribution in [-0.2, 0) is 19.3 Å². The number of nitrogens with zero attached hydrogens (tertiary/aromatic N) is 3. The van der Waals surface area contributed by atoms with E-state index in [1.807, 2.05) is 42.3 Å². The zero-order valence-electron chi connectivity index (χ0n) is 12.3. The molecule has 3 aromatic rings. The molecule has 7 heteroatoms. The number of aromatic nitrogens is 2. The van der Waals surface area contributed by atoms with Crippen molar-refractivity contribution in [3.8, 4) is 0 Å². The Balaban J connectivity index is 1.74. The first-order chi connectivity index (χ1) is 10.9. The van der Waals surface area contributed by atoms with Gasteiger partial charge in [0.2, 0.25) is 0 Å². The number of thiazole rings is 1. The van der Waals surface area contributed by atoms with E-state index >= 15 is 0 Å². The summed E-state index contributed by atoms with van der Waals surface area (Å²) in [5.41, 5.74) is 1.13. The summed E-state index contributed by atoms with van der Waals surface area (Å²) in [5.74, 6) is 0. The molecule has 0 N–H and O–H groups in total. The molecule has 0 atom stereocenters. The van der Waals surface area contributed by atoms with Crippen LogP contribution in [0.1, 0.15) is 16.3 Å². The maximum absolute atomic E-state index is 12.6. The Morgan fingerprint density at radius 3 is 2.65 bits per heavy atom. The Labute approximate surface area is 135 Å².